The molecule has 0 saturated carbocycles. The van der Waals surface area contributed by atoms with Crippen LogP contribution in [0.4, 0.5) is 0 Å². The molecular weight excluding hydrogens is 204 g/mol. The third-order valence-electron chi connectivity index (χ3n) is 2.48. The van der Waals surface area contributed by atoms with Crippen molar-refractivity contribution in [1.82, 2.24) is 0 Å². The van der Waals surface area contributed by atoms with Crippen molar-refractivity contribution in [1.29, 1.82) is 0 Å². The van der Waals surface area contributed by atoms with Crippen molar-refractivity contribution in [3.8, 4) is 0 Å². The second-order valence-corrected chi connectivity index (χ2v) is 3.97. The molecule has 2 rings (SSSR count). The molecule has 0 amide bonds. The highest BCUT2D eigenvalue weighted by atomic mass is 16.6. The minimum Gasteiger partial charge on any atom is -0.459 e. The van der Waals surface area contributed by atoms with E-state index in [2.05, 4.69) is 0 Å². The summed E-state index contributed by atoms with van der Waals surface area (Å²) in [7, 11) is 0. The predicted molar refractivity (Wildman–Crippen MR) is 60.2 cm³/mol. The number of carbonyl (C=O) groups is 1. The van der Waals surface area contributed by atoms with E-state index in [0.29, 0.717) is 12.2 Å². The first-order chi connectivity index (χ1) is 7.70. The highest BCUT2D eigenvalue weighted by molar-refractivity contribution is 5.89. The van der Waals surface area contributed by atoms with Crippen molar-refractivity contribution in [2.45, 2.75) is 12.5 Å². The van der Waals surface area contributed by atoms with E-state index < -0.39 is 5.60 Å². The highest BCUT2D eigenvalue weighted by Gasteiger charge is 2.27. The fraction of sp³-hybridized carbons (Fsp3) is 0.308. The molecule has 1 aliphatic rings. The van der Waals surface area contributed by atoms with Crippen LogP contribution in [-0.2, 0) is 9.47 Å². The maximum atomic E-state index is 11.6. The van der Waals surface area contributed by atoms with Gasteiger partial charge in [0.05, 0.1) is 12.2 Å². The van der Waals surface area contributed by atoms with Crippen LogP contribution in [0.25, 0.3) is 0 Å². The molecule has 1 atom stereocenters. The molecular formula is C13H14O3. The Balaban J connectivity index is 1.91. The number of benzene rings is 1. The summed E-state index contributed by atoms with van der Waals surface area (Å²) in [6.45, 7) is 2.73. The van der Waals surface area contributed by atoms with Gasteiger partial charge in [0.25, 0.3) is 0 Å². The summed E-state index contributed by atoms with van der Waals surface area (Å²) >= 11 is 0. The summed E-state index contributed by atoms with van der Waals surface area (Å²) in [6.07, 6.45) is 3.85. The molecule has 0 unspecified atom stereocenters. The van der Waals surface area contributed by atoms with Crippen LogP contribution < -0.4 is 0 Å². The van der Waals surface area contributed by atoms with Crippen molar-refractivity contribution < 1.29 is 14.3 Å². The van der Waals surface area contributed by atoms with Crippen LogP contribution in [0, 0.1) is 0 Å². The zero-order chi connectivity index (χ0) is 11.4. The summed E-state index contributed by atoms with van der Waals surface area (Å²) in [4.78, 5) is 11.6. The first-order valence-electron chi connectivity index (χ1n) is 5.23. The van der Waals surface area contributed by atoms with E-state index >= 15 is 0 Å². The van der Waals surface area contributed by atoms with Gasteiger partial charge in [-0.1, -0.05) is 30.4 Å². The van der Waals surface area contributed by atoms with Crippen molar-refractivity contribution in [3.63, 3.8) is 0 Å². The molecule has 1 aliphatic heterocycles. The monoisotopic (exact) mass is 218 g/mol. The summed E-state index contributed by atoms with van der Waals surface area (Å²) in [5.41, 5.74) is 0.0952. The van der Waals surface area contributed by atoms with E-state index in [1.165, 1.54) is 0 Å². The Bertz CT molecular complexity index is 397. The normalized spacial score (nSPS) is 23.3. The third-order valence-corrected chi connectivity index (χ3v) is 2.48. The van der Waals surface area contributed by atoms with Crippen LogP contribution in [0.5, 0.6) is 0 Å². The molecule has 0 spiro atoms. The van der Waals surface area contributed by atoms with Crippen molar-refractivity contribution >= 4 is 5.97 Å². The Morgan fingerprint density at radius 1 is 1.44 bits per heavy atom. The van der Waals surface area contributed by atoms with Crippen molar-refractivity contribution in [2.24, 2.45) is 0 Å². The minimum atomic E-state index is -0.468. The number of hydrogen-bond donors (Lipinski definition) is 0. The van der Waals surface area contributed by atoms with Gasteiger partial charge in [0.2, 0.25) is 0 Å². The topological polar surface area (TPSA) is 35.5 Å². The van der Waals surface area contributed by atoms with Gasteiger partial charge in [-0.15, -0.1) is 0 Å². The molecule has 0 radical (unpaired) electrons. The number of carbonyl (C=O) groups excluding carboxylic acids is 1. The lowest BCUT2D eigenvalue weighted by atomic mass is 10.1. The molecule has 1 aromatic carbocycles. The van der Waals surface area contributed by atoms with E-state index in [9.17, 15) is 4.79 Å². The molecule has 3 heteroatoms. The first kappa shape index (κ1) is 10.9. The van der Waals surface area contributed by atoms with Gasteiger partial charge < -0.3 is 9.47 Å². The standard InChI is InChI=1S/C13H14O3/c1-13(8-5-9-16-13)10-15-12(14)11-6-3-2-4-7-11/h2-8H,9-10H2,1H3/t13-/m0/s1. The molecule has 0 bridgehead atoms. The Hall–Kier alpha value is -1.61. The number of esters is 1. The van der Waals surface area contributed by atoms with E-state index in [4.69, 9.17) is 9.47 Å². The number of hydrogen-bond acceptors (Lipinski definition) is 3. The molecule has 1 heterocycles. The molecule has 3 nitrogen and oxygen atoms in total. The van der Waals surface area contributed by atoms with Crippen LogP contribution in [0.1, 0.15) is 17.3 Å². The van der Waals surface area contributed by atoms with Gasteiger partial charge in [0.15, 0.2) is 0 Å². The van der Waals surface area contributed by atoms with Crippen molar-refractivity contribution in [3.05, 3.63) is 48.0 Å². The molecule has 1 aromatic rings. The van der Waals surface area contributed by atoms with E-state index in [0.717, 1.165) is 0 Å². The van der Waals surface area contributed by atoms with Gasteiger partial charge in [0, 0.05) is 0 Å². The average Bonchev–Trinajstić information content (AvgIpc) is 2.75. The van der Waals surface area contributed by atoms with Crippen LogP contribution >= 0.6 is 0 Å². The molecule has 0 aliphatic carbocycles. The lowest BCUT2D eigenvalue weighted by Gasteiger charge is -2.21. The van der Waals surface area contributed by atoms with Gasteiger partial charge in [-0.2, -0.15) is 0 Å². The van der Waals surface area contributed by atoms with Crippen LogP contribution in [0.3, 0.4) is 0 Å². The van der Waals surface area contributed by atoms with Crippen molar-refractivity contribution in [2.75, 3.05) is 13.2 Å². The first-order valence-corrected chi connectivity index (χ1v) is 5.23. The van der Waals surface area contributed by atoms with Gasteiger partial charge in [-0.25, -0.2) is 4.79 Å². The van der Waals surface area contributed by atoms with Crippen LogP contribution in [0.15, 0.2) is 42.5 Å². The van der Waals surface area contributed by atoms with Gasteiger partial charge >= 0.3 is 5.97 Å². The molecule has 16 heavy (non-hydrogen) atoms. The van der Waals surface area contributed by atoms with Gasteiger partial charge in [-0.3, -0.25) is 0 Å². The number of rotatable bonds is 3. The fourth-order valence-electron chi connectivity index (χ4n) is 1.54. The van der Waals surface area contributed by atoms with Crippen LogP contribution in [0.2, 0.25) is 0 Å². The van der Waals surface area contributed by atoms with E-state index in [1.54, 1.807) is 12.1 Å². The highest BCUT2D eigenvalue weighted by Crippen LogP contribution is 2.18. The Morgan fingerprint density at radius 3 is 2.81 bits per heavy atom. The lowest BCUT2D eigenvalue weighted by molar-refractivity contribution is -0.0221. The molecule has 84 valence electrons. The maximum absolute atomic E-state index is 11.6. The zero-order valence-corrected chi connectivity index (χ0v) is 9.18. The SMILES string of the molecule is C[C@@]1(COC(=O)c2ccccc2)C=CCO1. The third kappa shape index (κ3) is 2.49. The minimum absolute atomic E-state index is 0.247. The molecule has 0 saturated heterocycles. The van der Waals surface area contributed by atoms with E-state index in [-0.39, 0.29) is 12.6 Å². The summed E-state index contributed by atoms with van der Waals surface area (Å²) < 4.78 is 10.6. The van der Waals surface area contributed by atoms with Gasteiger partial charge in [-0.05, 0) is 19.1 Å². The largest absolute Gasteiger partial charge is 0.459 e. The summed E-state index contributed by atoms with van der Waals surface area (Å²) in [5.74, 6) is -0.314. The second-order valence-electron chi connectivity index (χ2n) is 3.97. The zero-order valence-electron chi connectivity index (χ0n) is 9.18. The Labute approximate surface area is 94.7 Å². The maximum Gasteiger partial charge on any atom is 0.338 e. The quantitative estimate of drug-likeness (QED) is 0.576. The van der Waals surface area contributed by atoms with Crippen LogP contribution in [-0.4, -0.2) is 24.8 Å². The smallest absolute Gasteiger partial charge is 0.338 e. The summed E-state index contributed by atoms with van der Waals surface area (Å²) in [5, 5.41) is 0. The van der Waals surface area contributed by atoms with E-state index in [1.807, 2.05) is 37.3 Å². The molecule has 0 aromatic heterocycles. The molecule has 0 N–H and O–H groups in total. The second kappa shape index (κ2) is 4.49. The Kier molecular flexibility index (Phi) is 3.06. The Morgan fingerprint density at radius 2 is 2.19 bits per heavy atom. The fourth-order valence-corrected chi connectivity index (χ4v) is 1.54. The average molecular weight is 218 g/mol. The van der Waals surface area contributed by atoms with Gasteiger partial charge in [0.1, 0.15) is 12.2 Å². The predicted octanol–water partition coefficient (Wildman–Crippen LogP) is 2.19. The molecule has 0 fully saturated rings. The summed E-state index contributed by atoms with van der Waals surface area (Å²) in [6, 6.07) is 8.95. The lowest BCUT2D eigenvalue weighted by Crippen LogP contribution is -2.30. The number of ether oxygens (including phenoxy) is 2.